The largest absolute Gasteiger partial charge is 0.319 e. The molecule has 2 heterocycles. The van der Waals surface area contributed by atoms with E-state index in [0.717, 1.165) is 19.3 Å². The van der Waals surface area contributed by atoms with Crippen LogP contribution in [0.15, 0.2) is 24.3 Å². The van der Waals surface area contributed by atoms with Crippen LogP contribution in [0.1, 0.15) is 37.1 Å². The van der Waals surface area contributed by atoms with Crippen LogP contribution in [-0.4, -0.2) is 34.9 Å². The number of benzene rings is 1. The molecule has 3 rings (SSSR count). The lowest BCUT2D eigenvalue weighted by Crippen LogP contribution is -2.41. The highest BCUT2D eigenvalue weighted by molar-refractivity contribution is 7.99. The third-order valence-corrected chi connectivity index (χ3v) is 5.35. The second kappa shape index (κ2) is 6.19. The van der Waals surface area contributed by atoms with Crippen molar-refractivity contribution in [2.24, 2.45) is 0 Å². The predicted molar refractivity (Wildman–Crippen MR) is 83.8 cm³/mol. The molecule has 1 aromatic carbocycles. The molecular formula is C16H22N2OS. The number of nitrogens with one attached hydrogen (secondary N) is 1. The minimum Gasteiger partial charge on any atom is -0.319 e. The average molecular weight is 290 g/mol. The number of rotatable bonds is 3. The molecule has 20 heavy (non-hydrogen) atoms. The summed E-state index contributed by atoms with van der Waals surface area (Å²) in [6.07, 6.45) is 3.38. The van der Waals surface area contributed by atoms with Crippen LogP contribution in [0.25, 0.3) is 0 Å². The molecule has 0 saturated carbocycles. The summed E-state index contributed by atoms with van der Waals surface area (Å²) in [6.45, 7) is 2.64. The number of amides is 1. The van der Waals surface area contributed by atoms with Crippen molar-refractivity contribution in [1.29, 1.82) is 0 Å². The van der Waals surface area contributed by atoms with Gasteiger partial charge in [0, 0.05) is 6.04 Å². The lowest BCUT2D eigenvalue weighted by atomic mass is 10.0. The zero-order chi connectivity index (χ0) is 13.9. The normalized spacial score (nSPS) is 24.4. The molecule has 3 nitrogen and oxygen atoms in total. The molecule has 1 aromatic rings. The number of nitrogens with zero attached hydrogens (tertiary/aromatic N) is 1. The van der Waals surface area contributed by atoms with E-state index in [0.29, 0.717) is 12.6 Å². The fraction of sp³-hybridized carbons (Fsp3) is 0.562. The van der Waals surface area contributed by atoms with Crippen LogP contribution in [0.3, 0.4) is 0 Å². The Morgan fingerprint density at radius 3 is 2.60 bits per heavy atom. The molecule has 2 saturated heterocycles. The molecule has 0 spiro atoms. The highest BCUT2D eigenvalue weighted by Crippen LogP contribution is 2.31. The Balaban J connectivity index is 1.80. The lowest BCUT2D eigenvalue weighted by Gasteiger charge is -2.35. The van der Waals surface area contributed by atoms with Crippen LogP contribution >= 0.6 is 11.8 Å². The third kappa shape index (κ3) is 2.72. The van der Waals surface area contributed by atoms with E-state index in [4.69, 9.17) is 0 Å². The Morgan fingerprint density at radius 2 is 1.95 bits per heavy atom. The summed E-state index contributed by atoms with van der Waals surface area (Å²) in [5, 5.41) is 3.38. The molecule has 1 N–H and O–H groups in total. The molecule has 108 valence electrons. The first-order chi connectivity index (χ1) is 9.79. The molecule has 1 atom stereocenters. The fourth-order valence-electron chi connectivity index (χ4n) is 3.11. The van der Waals surface area contributed by atoms with Crippen molar-refractivity contribution in [3.8, 4) is 0 Å². The Morgan fingerprint density at radius 1 is 1.25 bits per heavy atom. The van der Waals surface area contributed by atoms with Crippen molar-refractivity contribution in [1.82, 2.24) is 10.2 Å². The van der Waals surface area contributed by atoms with E-state index in [1.54, 1.807) is 0 Å². The monoisotopic (exact) mass is 290 g/mol. The fourth-order valence-corrected chi connectivity index (χ4v) is 4.19. The van der Waals surface area contributed by atoms with Gasteiger partial charge in [-0.25, -0.2) is 0 Å². The van der Waals surface area contributed by atoms with Crippen molar-refractivity contribution in [3.63, 3.8) is 0 Å². The molecule has 0 aliphatic carbocycles. The van der Waals surface area contributed by atoms with Crippen molar-refractivity contribution in [2.75, 3.05) is 18.1 Å². The van der Waals surface area contributed by atoms with E-state index < -0.39 is 0 Å². The first-order valence-corrected chi connectivity index (χ1v) is 8.66. The third-order valence-electron chi connectivity index (χ3n) is 4.30. The van der Waals surface area contributed by atoms with Gasteiger partial charge >= 0.3 is 0 Å². The van der Waals surface area contributed by atoms with Gasteiger partial charge in [-0.1, -0.05) is 31.2 Å². The number of carbonyl (C=O) groups excluding carboxylic acids is 1. The van der Waals surface area contributed by atoms with Crippen molar-refractivity contribution in [3.05, 3.63) is 35.4 Å². The zero-order valence-electron chi connectivity index (χ0n) is 12.0. The van der Waals surface area contributed by atoms with Gasteiger partial charge in [-0.3, -0.25) is 10.1 Å². The molecule has 2 aliphatic heterocycles. The molecular weight excluding hydrogens is 268 g/mol. The molecule has 1 amide bonds. The summed E-state index contributed by atoms with van der Waals surface area (Å²) in [4.78, 5) is 14.3. The van der Waals surface area contributed by atoms with Crippen molar-refractivity contribution >= 4 is 17.7 Å². The zero-order valence-corrected chi connectivity index (χ0v) is 12.8. The maximum atomic E-state index is 12.2. The molecule has 0 bridgehead atoms. The van der Waals surface area contributed by atoms with E-state index in [1.807, 2.05) is 11.8 Å². The van der Waals surface area contributed by atoms with Crippen LogP contribution in [0.2, 0.25) is 0 Å². The first-order valence-electron chi connectivity index (χ1n) is 7.50. The van der Waals surface area contributed by atoms with E-state index in [9.17, 15) is 4.79 Å². The van der Waals surface area contributed by atoms with Gasteiger partial charge in [0.2, 0.25) is 5.91 Å². The number of aryl methyl sites for hydroxylation is 1. The van der Waals surface area contributed by atoms with Gasteiger partial charge < -0.3 is 4.90 Å². The smallest absolute Gasteiger partial charge is 0.238 e. The van der Waals surface area contributed by atoms with Crippen molar-refractivity contribution in [2.45, 2.75) is 38.4 Å². The maximum absolute atomic E-state index is 12.2. The summed E-state index contributed by atoms with van der Waals surface area (Å²) in [5.74, 6) is 2.61. The lowest BCUT2D eigenvalue weighted by molar-refractivity contribution is -0.130. The maximum Gasteiger partial charge on any atom is 0.238 e. The van der Waals surface area contributed by atoms with Gasteiger partial charge in [0.15, 0.2) is 0 Å². The summed E-state index contributed by atoms with van der Waals surface area (Å²) in [7, 11) is 0. The molecule has 0 radical (unpaired) electrons. The number of thioether (sulfide) groups is 1. The van der Waals surface area contributed by atoms with Gasteiger partial charge in [-0.05, 0) is 41.9 Å². The van der Waals surface area contributed by atoms with Gasteiger partial charge in [-0.15, -0.1) is 0 Å². The summed E-state index contributed by atoms with van der Waals surface area (Å²) in [6, 6.07) is 9.09. The highest BCUT2D eigenvalue weighted by atomic mass is 32.2. The Bertz CT molecular complexity index is 468. The Labute approximate surface area is 125 Å². The number of hydrogen-bond acceptors (Lipinski definition) is 3. The van der Waals surface area contributed by atoms with Gasteiger partial charge in [-0.2, -0.15) is 11.8 Å². The van der Waals surface area contributed by atoms with Crippen LogP contribution in [0.4, 0.5) is 0 Å². The van der Waals surface area contributed by atoms with E-state index in [-0.39, 0.29) is 12.1 Å². The van der Waals surface area contributed by atoms with E-state index >= 15 is 0 Å². The number of hydrogen-bond donors (Lipinski definition) is 1. The van der Waals surface area contributed by atoms with Crippen LogP contribution < -0.4 is 5.32 Å². The van der Waals surface area contributed by atoms with E-state index in [2.05, 4.69) is 41.4 Å². The minimum atomic E-state index is 0.0708. The molecule has 2 fully saturated rings. The summed E-state index contributed by atoms with van der Waals surface area (Å²) in [5.41, 5.74) is 2.56. The Hall–Kier alpha value is -1.00. The first kappa shape index (κ1) is 14.0. The number of carbonyl (C=O) groups is 1. The SMILES string of the molecule is CCc1ccc(C2NCC(=O)N2C2CCSCC2)cc1. The van der Waals surface area contributed by atoms with Gasteiger partial charge in [0.1, 0.15) is 6.17 Å². The van der Waals surface area contributed by atoms with Crippen molar-refractivity contribution < 1.29 is 4.79 Å². The minimum absolute atomic E-state index is 0.0708. The van der Waals surface area contributed by atoms with E-state index in [1.165, 1.54) is 22.6 Å². The van der Waals surface area contributed by atoms with Crippen LogP contribution in [0, 0.1) is 0 Å². The quantitative estimate of drug-likeness (QED) is 0.928. The molecule has 0 aromatic heterocycles. The average Bonchev–Trinajstić information content (AvgIpc) is 2.90. The Kier molecular flexibility index (Phi) is 4.32. The van der Waals surface area contributed by atoms with Gasteiger partial charge in [0.25, 0.3) is 0 Å². The molecule has 2 aliphatic rings. The highest BCUT2D eigenvalue weighted by Gasteiger charge is 2.37. The predicted octanol–water partition coefficient (Wildman–Crippen LogP) is 2.58. The summed E-state index contributed by atoms with van der Waals surface area (Å²) >= 11 is 2.00. The standard InChI is InChI=1S/C16H22N2OS/c1-2-12-3-5-13(6-4-12)16-17-11-15(19)18(16)14-7-9-20-10-8-14/h3-6,14,16-17H,2,7-11H2,1H3. The molecule has 4 heteroatoms. The second-order valence-electron chi connectivity index (χ2n) is 5.52. The second-order valence-corrected chi connectivity index (χ2v) is 6.75. The molecule has 1 unspecified atom stereocenters. The van der Waals surface area contributed by atoms with Crippen LogP contribution in [-0.2, 0) is 11.2 Å². The van der Waals surface area contributed by atoms with Gasteiger partial charge in [0.05, 0.1) is 6.54 Å². The van der Waals surface area contributed by atoms with Crippen LogP contribution in [0.5, 0.6) is 0 Å². The summed E-state index contributed by atoms with van der Waals surface area (Å²) < 4.78 is 0. The topological polar surface area (TPSA) is 32.3 Å².